The second-order valence-corrected chi connectivity index (χ2v) is 8.83. The lowest BCUT2D eigenvalue weighted by Crippen LogP contribution is -2.61. The number of hydrogen-bond acceptors (Lipinski definition) is 5. The van der Waals surface area contributed by atoms with E-state index in [0.29, 0.717) is 22.8 Å². The monoisotopic (exact) mass is 425 g/mol. The van der Waals surface area contributed by atoms with E-state index in [2.05, 4.69) is 10.5 Å². The summed E-state index contributed by atoms with van der Waals surface area (Å²) >= 11 is 0. The maximum absolute atomic E-state index is 12.9. The topological polar surface area (TPSA) is 105 Å². The third-order valence-corrected chi connectivity index (χ3v) is 4.95. The summed E-state index contributed by atoms with van der Waals surface area (Å²) in [6.45, 7) is 10.3. The Bertz CT molecular complexity index is 1110. The second kappa shape index (κ2) is 7.94. The molecule has 0 saturated heterocycles. The first-order valence-electron chi connectivity index (χ1n) is 9.89. The van der Waals surface area contributed by atoms with Crippen LogP contribution in [0.1, 0.15) is 40.3 Å². The molecule has 1 heterocycles. The number of aromatic nitrogens is 1. The number of nitrogens with one attached hydrogen (secondary N) is 1. The van der Waals surface area contributed by atoms with Gasteiger partial charge >= 0.3 is 6.09 Å². The van der Waals surface area contributed by atoms with Gasteiger partial charge < -0.3 is 19.7 Å². The van der Waals surface area contributed by atoms with Gasteiger partial charge in [-0.25, -0.2) is 4.79 Å². The zero-order valence-electron chi connectivity index (χ0n) is 18.5. The molecule has 0 spiro atoms. The molecule has 0 bridgehead atoms. The molecule has 8 heteroatoms. The van der Waals surface area contributed by atoms with Crippen LogP contribution < -0.4 is 10.1 Å². The van der Waals surface area contributed by atoms with Gasteiger partial charge in [-0.1, -0.05) is 11.2 Å². The predicted octanol–water partition coefficient (Wildman–Crippen LogP) is 5.42. The van der Waals surface area contributed by atoms with E-state index in [-0.39, 0.29) is 0 Å². The lowest BCUT2D eigenvalue weighted by atomic mass is 9.94. The van der Waals surface area contributed by atoms with Crippen molar-refractivity contribution in [1.82, 2.24) is 10.1 Å². The fraction of sp³-hybridized carbons (Fsp3) is 0.348. The average Bonchev–Trinajstić information content (AvgIpc) is 3.03. The van der Waals surface area contributed by atoms with Gasteiger partial charge in [-0.2, -0.15) is 0 Å². The number of anilines is 1. The molecule has 3 rings (SSSR count). The Balaban J connectivity index is 1.76. The van der Waals surface area contributed by atoms with Crippen LogP contribution in [-0.2, 0) is 4.79 Å². The molecular formula is C23H27N3O5. The predicted molar refractivity (Wildman–Crippen MR) is 118 cm³/mol. The van der Waals surface area contributed by atoms with Crippen LogP contribution in [-0.4, -0.2) is 38.2 Å². The van der Waals surface area contributed by atoms with E-state index in [9.17, 15) is 14.7 Å². The maximum Gasteiger partial charge on any atom is 0.408 e. The van der Waals surface area contributed by atoms with Crippen LogP contribution in [0, 0.1) is 6.92 Å². The van der Waals surface area contributed by atoms with Crippen LogP contribution >= 0.6 is 0 Å². The number of ether oxygens (including phenoxy) is 1. The average molecular weight is 425 g/mol. The van der Waals surface area contributed by atoms with Crippen LogP contribution in [0.2, 0.25) is 0 Å². The first-order chi connectivity index (χ1) is 14.4. The standard InChI is InChI=1S/C23H27N3O5/c1-14-19-17(8-7-9-18(19)31-25-14)30-16-12-10-15(11-13-16)24-20(27)23(5,6)26(21(28)29)22(2,3)4/h7-13H,1-6H3,(H,24,27)(H,28,29). The van der Waals surface area contributed by atoms with Gasteiger partial charge in [-0.05, 0) is 77.9 Å². The zero-order chi connectivity index (χ0) is 23.0. The molecule has 2 amide bonds. The highest BCUT2D eigenvalue weighted by Gasteiger charge is 2.44. The number of hydrogen-bond donors (Lipinski definition) is 2. The Hall–Kier alpha value is -3.55. The minimum Gasteiger partial charge on any atom is -0.465 e. The lowest BCUT2D eigenvalue weighted by molar-refractivity contribution is -0.128. The van der Waals surface area contributed by atoms with Crippen molar-refractivity contribution in [2.75, 3.05) is 5.32 Å². The third-order valence-electron chi connectivity index (χ3n) is 4.95. The van der Waals surface area contributed by atoms with Crippen LogP contribution in [0.25, 0.3) is 11.0 Å². The SMILES string of the molecule is Cc1noc2cccc(Oc3ccc(NC(=O)C(C)(C)N(C(=O)O)C(C)(C)C)cc3)c12. The van der Waals surface area contributed by atoms with Crippen molar-refractivity contribution in [1.29, 1.82) is 0 Å². The van der Waals surface area contributed by atoms with Crippen LogP contribution in [0.15, 0.2) is 47.0 Å². The summed E-state index contributed by atoms with van der Waals surface area (Å²) < 4.78 is 11.2. The lowest BCUT2D eigenvalue weighted by Gasteiger charge is -2.43. The van der Waals surface area contributed by atoms with Gasteiger partial charge in [0, 0.05) is 11.2 Å². The van der Waals surface area contributed by atoms with E-state index in [4.69, 9.17) is 9.26 Å². The fourth-order valence-electron chi connectivity index (χ4n) is 3.68. The summed E-state index contributed by atoms with van der Waals surface area (Å²) in [5.41, 5.74) is -0.114. The van der Waals surface area contributed by atoms with Gasteiger partial charge in [-0.15, -0.1) is 0 Å². The minimum absolute atomic E-state index is 0.427. The van der Waals surface area contributed by atoms with Gasteiger partial charge in [0.25, 0.3) is 0 Å². The molecule has 0 aliphatic carbocycles. The minimum atomic E-state index is -1.28. The highest BCUT2D eigenvalue weighted by molar-refractivity contribution is 5.99. The number of aryl methyl sites for hydroxylation is 1. The molecule has 3 aromatic rings. The number of carbonyl (C=O) groups excluding carboxylic acids is 1. The van der Waals surface area contributed by atoms with E-state index in [1.165, 1.54) is 0 Å². The zero-order valence-corrected chi connectivity index (χ0v) is 18.5. The fourth-order valence-corrected chi connectivity index (χ4v) is 3.68. The number of amides is 2. The molecule has 0 atom stereocenters. The van der Waals surface area contributed by atoms with Gasteiger partial charge in [0.15, 0.2) is 5.58 Å². The molecule has 0 saturated carbocycles. The smallest absolute Gasteiger partial charge is 0.408 e. The highest BCUT2D eigenvalue weighted by Crippen LogP contribution is 2.33. The van der Waals surface area contributed by atoms with Crippen molar-refractivity contribution >= 4 is 28.7 Å². The molecule has 0 radical (unpaired) electrons. The highest BCUT2D eigenvalue weighted by atomic mass is 16.5. The van der Waals surface area contributed by atoms with E-state index >= 15 is 0 Å². The Morgan fingerprint density at radius 1 is 1.06 bits per heavy atom. The second-order valence-electron chi connectivity index (χ2n) is 8.83. The van der Waals surface area contributed by atoms with E-state index in [1.54, 1.807) is 58.9 Å². The summed E-state index contributed by atoms with van der Waals surface area (Å²) in [6.07, 6.45) is -1.16. The van der Waals surface area contributed by atoms with Crippen LogP contribution in [0.3, 0.4) is 0 Å². The molecule has 0 unspecified atom stereocenters. The largest absolute Gasteiger partial charge is 0.465 e. The van der Waals surface area contributed by atoms with Gasteiger partial charge in [0.1, 0.15) is 17.0 Å². The van der Waals surface area contributed by atoms with Crippen molar-refractivity contribution < 1.29 is 24.0 Å². The van der Waals surface area contributed by atoms with E-state index < -0.39 is 23.1 Å². The Labute approximate surface area is 180 Å². The van der Waals surface area contributed by atoms with E-state index in [0.717, 1.165) is 16.0 Å². The van der Waals surface area contributed by atoms with Crippen molar-refractivity contribution in [2.45, 2.75) is 52.6 Å². The maximum atomic E-state index is 12.9. The molecule has 164 valence electrons. The number of carboxylic acid groups (broad SMARTS) is 1. The summed E-state index contributed by atoms with van der Waals surface area (Å²) in [7, 11) is 0. The molecule has 2 N–H and O–H groups in total. The summed E-state index contributed by atoms with van der Waals surface area (Å²) in [5.74, 6) is 0.770. The van der Waals surface area contributed by atoms with Crippen molar-refractivity contribution in [3.8, 4) is 11.5 Å². The van der Waals surface area contributed by atoms with Gasteiger partial charge in [-0.3, -0.25) is 9.69 Å². The van der Waals surface area contributed by atoms with Gasteiger partial charge in [0.2, 0.25) is 5.91 Å². The third kappa shape index (κ3) is 4.47. The summed E-state index contributed by atoms with van der Waals surface area (Å²) in [5, 5.41) is 17.2. The quantitative estimate of drug-likeness (QED) is 0.565. The first kappa shape index (κ1) is 22.1. The van der Waals surface area contributed by atoms with Crippen molar-refractivity contribution in [3.63, 3.8) is 0 Å². The molecule has 1 aromatic heterocycles. The van der Waals surface area contributed by atoms with Gasteiger partial charge in [0.05, 0.1) is 11.1 Å². The van der Waals surface area contributed by atoms with E-state index in [1.807, 2.05) is 25.1 Å². The number of benzene rings is 2. The number of fused-ring (bicyclic) bond motifs is 1. The van der Waals surface area contributed by atoms with Crippen LogP contribution in [0.5, 0.6) is 11.5 Å². The molecule has 2 aromatic carbocycles. The molecule has 8 nitrogen and oxygen atoms in total. The summed E-state index contributed by atoms with van der Waals surface area (Å²) in [4.78, 5) is 25.8. The molecular weight excluding hydrogens is 398 g/mol. The number of carbonyl (C=O) groups is 2. The normalized spacial score (nSPS) is 11.9. The first-order valence-corrected chi connectivity index (χ1v) is 9.89. The van der Waals surface area contributed by atoms with Crippen molar-refractivity contribution in [3.05, 3.63) is 48.2 Å². The molecule has 0 aliphatic heterocycles. The Kier molecular flexibility index (Phi) is 5.67. The Morgan fingerprint density at radius 3 is 2.29 bits per heavy atom. The Morgan fingerprint density at radius 2 is 1.71 bits per heavy atom. The number of nitrogens with zero attached hydrogens (tertiary/aromatic N) is 2. The molecule has 0 aliphatic rings. The molecule has 0 fully saturated rings. The van der Waals surface area contributed by atoms with Crippen molar-refractivity contribution in [2.24, 2.45) is 0 Å². The molecule has 31 heavy (non-hydrogen) atoms. The number of rotatable bonds is 5. The van der Waals surface area contributed by atoms with Crippen LogP contribution in [0.4, 0.5) is 10.5 Å². The summed E-state index contributed by atoms with van der Waals surface area (Å²) in [6, 6.07) is 12.3.